The largest absolute Gasteiger partial charge is 0.350 e. The lowest BCUT2D eigenvalue weighted by molar-refractivity contribution is -0.384. The van der Waals surface area contributed by atoms with Crippen molar-refractivity contribution in [3.05, 3.63) is 99.1 Å². The molecular formula is C21H15ClN4O3. The van der Waals surface area contributed by atoms with Crippen molar-refractivity contribution in [3.8, 4) is 0 Å². The molecule has 0 saturated heterocycles. The minimum atomic E-state index is -1.07. The number of benzodiazepines with no additional fused rings is 1. The maximum absolute atomic E-state index is 12.8. The molecule has 8 heteroatoms. The van der Waals surface area contributed by atoms with Gasteiger partial charge in [-0.1, -0.05) is 54.1 Å². The predicted molar refractivity (Wildman–Crippen MR) is 113 cm³/mol. The average molecular weight is 407 g/mol. The molecule has 0 spiro atoms. The van der Waals surface area contributed by atoms with Gasteiger partial charge in [-0.3, -0.25) is 14.9 Å². The van der Waals surface area contributed by atoms with Gasteiger partial charge < -0.3 is 10.6 Å². The van der Waals surface area contributed by atoms with Crippen LogP contribution in [0.5, 0.6) is 0 Å². The Morgan fingerprint density at radius 1 is 1.03 bits per heavy atom. The summed E-state index contributed by atoms with van der Waals surface area (Å²) in [5.74, 6) is -0.433. The summed E-state index contributed by atoms with van der Waals surface area (Å²) >= 11 is 6.18. The van der Waals surface area contributed by atoms with Crippen molar-refractivity contribution in [2.45, 2.75) is 6.17 Å². The van der Waals surface area contributed by atoms with Gasteiger partial charge in [0.15, 0.2) is 6.17 Å². The van der Waals surface area contributed by atoms with E-state index >= 15 is 0 Å². The van der Waals surface area contributed by atoms with Gasteiger partial charge in [0.2, 0.25) is 0 Å². The molecule has 0 aromatic heterocycles. The molecule has 1 amide bonds. The Morgan fingerprint density at radius 2 is 1.76 bits per heavy atom. The van der Waals surface area contributed by atoms with E-state index in [1.807, 2.05) is 30.3 Å². The number of hydrogen-bond acceptors (Lipinski definition) is 5. The van der Waals surface area contributed by atoms with Crippen molar-refractivity contribution in [2.24, 2.45) is 4.99 Å². The summed E-state index contributed by atoms with van der Waals surface area (Å²) in [7, 11) is 0. The summed E-state index contributed by atoms with van der Waals surface area (Å²) in [6.07, 6.45) is -1.07. The van der Waals surface area contributed by atoms with Crippen LogP contribution >= 0.6 is 11.6 Å². The highest BCUT2D eigenvalue weighted by atomic mass is 35.5. The highest BCUT2D eigenvalue weighted by Gasteiger charge is 2.27. The summed E-state index contributed by atoms with van der Waals surface area (Å²) in [6, 6.07) is 20.6. The van der Waals surface area contributed by atoms with Crippen molar-refractivity contribution >= 4 is 40.3 Å². The zero-order valence-electron chi connectivity index (χ0n) is 15.0. The molecule has 3 aromatic rings. The van der Waals surface area contributed by atoms with Crippen LogP contribution in [0.1, 0.15) is 11.1 Å². The van der Waals surface area contributed by atoms with E-state index in [0.717, 1.165) is 5.56 Å². The topological polar surface area (TPSA) is 96.6 Å². The van der Waals surface area contributed by atoms with Crippen LogP contribution in [0.25, 0.3) is 0 Å². The molecule has 0 bridgehead atoms. The maximum Gasteiger partial charge on any atom is 0.292 e. The summed E-state index contributed by atoms with van der Waals surface area (Å²) in [5.41, 5.74) is 2.65. The van der Waals surface area contributed by atoms with Gasteiger partial charge in [-0.25, -0.2) is 4.99 Å². The smallest absolute Gasteiger partial charge is 0.292 e. The fourth-order valence-corrected chi connectivity index (χ4v) is 3.28. The second kappa shape index (κ2) is 7.73. The second-order valence-corrected chi connectivity index (χ2v) is 6.78. The van der Waals surface area contributed by atoms with Crippen LogP contribution in [0.2, 0.25) is 5.02 Å². The number of para-hydroxylation sites is 2. The van der Waals surface area contributed by atoms with E-state index < -0.39 is 17.0 Å². The number of amides is 1. The lowest BCUT2D eigenvalue weighted by Crippen LogP contribution is -2.32. The molecule has 1 unspecified atom stereocenters. The van der Waals surface area contributed by atoms with E-state index in [0.29, 0.717) is 22.0 Å². The highest BCUT2D eigenvalue weighted by Crippen LogP contribution is 2.29. The van der Waals surface area contributed by atoms with Gasteiger partial charge in [-0.15, -0.1) is 0 Å². The Balaban J connectivity index is 1.83. The van der Waals surface area contributed by atoms with Gasteiger partial charge in [0.05, 0.1) is 16.3 Å². The first-order chi connectivity index (χ1) is 14.0. The normalized spacial score (nSPS) is 15.6. The fraction of sp³-hybridized carbons (Fsp3) is 0.0476. The SMILES string of the molecule is O=C1Nc2ccc(Cl)cc2C(c2ccccc2)=NC1Nc1ccccc1[N+](=O)[O-]. The Bertz CT molecular complexity index is 1130. The molecule has 3 aromatic carbocycles. The fourth-order valence-electron chi connectivity index (χ4n) is 3.11. The molecule has 0 aliphatic carbocycles. The summed E-state index contributed by atoms with van der Waals surface area (Å²) < 4.78 is 0. The highest BCUT2D eigenvalue weighted by molar-refractivity contribution is 6.32. The molecule has 7 nitrogen and oxygen atoms in total. The van der Waals surface area contributed by atoms with Crippen molar-refractivity contribution in [1.29, 1.82) is 0 Å². The number of anilines is 2. The van der Waals surface area contributed by atoms with Crippen LogP contribution in [-0.2, 0) is 4.79 Å². The Labute approximate surface area is 171 Å². The number of hydrogen-bond donors (Lipinski definition) is 2. The first-order valence-electron chi connectivity index (χ1n) is 8.77. The van der Waals surface area contributed by atoms with Gasteiger partial charge in [0.1, 0.15) is 5.69 Å². The van der Waals surface area contributed by atoms with Crippen molar-refractivity contribution in [1.82, 2.24) is 0 Å². The lowest BCUT2D eigenvalue weighted by atomic mass is 10.0. The average Bonchev–Trinajstić information content (AvgIpc) is 2.85. The van der Waals surface area contributed by atoms with Crippen LogP contribution in [0.4, 0.5) is 17.1 Å². The monoisotopic (exact) mass is 406 g/mol. The van der Waals surface area contributed by atoms with E-state index in [-0.39, 0.29) is 11.4 Å². The lowest BCUT2D eigenvalue weighted by Gasteiger charge is -2.14. The molecule has 1 atom stereocenters. The zero-order valence-corrected chi connectivity index (χ0v) is 15.8. The van der Waals surface area contributed by atoms with Crippen LogP contribution < -0.4 is 10.6 Å². The number of benzene rings is 3. The van der Waals surface area contributed by atoms with Crippen LogP contribution in [-0.4, -0.2) is 22.7 Å². The third-order valence-electron chi connectivity index (χ3n) is 4.44. The molecule has 0 radical (unpaired) electrons. The number of rotatable bonds is 4. The number of carbonyl (C=O) groups excluding carboxylic acids is 1. The van der Waals surface area contributed by atoms with Crippen molar-refractivity contribution in [3.63, 3.8) is 0 Å². The van der Waals surface area contributed by atoms with Crippen molar-refractivity contribution in [2.75, 3.05) is 10.6 Å². The van der Waals surface area contributed by atoms with Crippen LogP contribution in [0.3, 0.4) is 0 Å². The number of fused-ring (bicyclic) bond motifs is 1. The van der Waals surface area contributed by atoms with Gasteiger partial charge in [-0.05, 0) is 24.3 Å². The number of halogens is 1. The number of aliphatic imine (C=N–C) groups is 1. The predicted octanol–water partition coefficient (Wildman–Crippen LogP) is 4.48. The van der Waals surface area contributed by atoms with Crippen LogP contribution in [0, 0.1) is 10.1 Å². The molecule has 2 N–H and O–H groups in total. The number of carbonyl (C=O) groups is 1. The first-order valence-corrected chi connectivity index (χ1v) is 9.15. The van der Waals surface area contributed by atoms with Crippen LogP contribution in [0.15, 0.2) is 77.8 Å². The molecule has 0 saturated carbocycles. The Morgan fingerprint density at radius 3 is 2.52 bits per heavy atom. The van der Waals surface area contributed by atoms with Gasteiger partial charge in [0.25, 0.3) is 11.6 Å². The summed E-state index contributed by atoms with van der Waals surface area (Å²) in [5, 5.41) is 17.6. The van der Waals surface area contributed by atoms with Gasteiger partial charge in [-0.2, -0.15) is 0 Å². The Kier molecular flexibility index (Phi) is 4.97. The number of nitrogens with one attached hydrogen (secondary N) is 2. The van der Waals surface area contributed by atoms with E-state index in [4.69, 9.17) is 11.6 Å². The first kappa shape index (κ1) is 18.6. The number of nitro groups is 1. The molecule has 0 fully saturated rings. The third-order valence-corrected chi connectivity index (χ3v) is 4.68. The minimum Gasteiger partial charge on any atom is -0.350 e. The minimum absolute atomic E-state index is 0.137. The summed E-state index contributed by atoms with van der Waals surface area (Å²) in [4.78, 5) is 28.3. The van der Waals surface area contributed by atoms with E-state index in [9.17, 15) is 14.9 Å². The molecule has 144 valence electrons. The quantitative estimate of drug-likeness (QED) is 0.493. The molecule has 4 rings (SSSR count). The second-order valence-electron chi connectivity index (χ2n) is 6.34. The van der Waals surface area contributed by atoms with E-state index in [1.54, 1.807) is 30.3 Å². The Hall–Kier alpha value is -3.71. The number of nitrogens with zero attached hydrogens (tertiary/aromatic N) is 2. The van der Waals surface area contributed by atoms with Gasteiger partial charge in [0, 0.05) is 22.2 Å². The molecular weight excluding hydrogens is 392 g/mol. The zero-order chi connectivity index (χ0) is 20.4. The summed E-state index contributed by atoms with van der Waals surface area (Å²) in [6.45, 7) is 0. The van der Waals surface area contributed by atoms with E-state index in [1.165, 1.54) is 12.1 Å². The third kappa shape index (κ3) is 3.81. The van der Waals surface area contributed by atoms with E-state index in [2.05, 4.69) is 15.6 Å². The van der Waals surface area contributed by atoms with Gasteiger partial charge >= 0.3 is 0 Å². The molecule has 1 aliphatic rings. The number of nitro benzene ring substituents is 1. The molecule has 1 heterocycles. The molecule has 1 aliphatic heterocycles. The van der Waals surface area contributed by atoms with Crippen molar-refractivity contribution < 1.29 is 9.72 Å². The molecule has 29 heavy (non-hydrogen) atoms. The maximum atomic E-state index is 12.8. The standard InChI is InChI=1S/C21H15ClN4O3/c22-14-10-11-16-15(12-14)19(13-6-2-1-3-7-13)25-20(21(27)24-16)23-17-8-4-5-9-18(17)26(28)29/h1-12,20,23H,(H,24,27).